The van der Waals surface area contributed by atoms with E-state index in [0.717, 1.165) is 0 Å². The van der Waals surface area contributed by atoms with Crippen LogP contribution in [0.25, 0.3) is 0 Å². The van der Waals surface area contributed by atoms with Crippen LogP contribution >= 0.6 is 0 Å². The van der Waals surface area contributed by atoms with Gasteiger partial charge in [-0.15, -0.1) is 0 Å². The Kier molecular flexibility index (Phi) is 8.22. The fourth-order valence-corrected chi connectivity index (χ4v) is 1.11. The van der Waals surface area contributed by atoms with Gasteiger partial charge in [0.05, 0.1) is 0 Å². The maximum absolute atomic E-state index is 11.9. The third-order valence-electron chi connectivity index (χ3n) is 2.52. The van der Waals surface area contributed by atoms with Gasteiger partial charge in [0.25, 0.3) is 0 Å². The van der Waals surface area contributed by atoms with Gasteiger partial charge < -0.3 is 18.9 Å². The molecule has 0 aromatic carbocycles. The third-order valence-corrected chi connectivity index (χ3v) is 2.52. The predicted octanol–water partition coefficient (Wildman–Crippen LogP) is 2.12. The van der Waals surface area contributed by atoms with Gasteiger partial charge in [0, 0.05) is 22.3 Å². The summed E-state index contributed by atoms with van der Waals surface area (Å²) in [4.78, 5) is 47.4. The van der Waals surface area contributed by atoms with Gasteiger partial charge in [-0.05, 0) is 27.7 Å². The number of hydrogen-bond donors (Lipinski definition) is 0. The van der Waals surface area contributed by atoms with E-state index in [1.54, 1.807) is 0 Å². The van der Waals surface area contributed by atoms with E-state index in [1.165, 1.54) is 27.7 Å². The standard InChI is InChI=1S/C18H22O8/c1-10(2)14(19)23-9-18(24-15(20)11(3)4,25-16(21)12(5)6)26-17(22)13(7)8/h1,3,5,7,9H2,2,4,6,8H3. The summed E-state index contributed by atoms with van der Waals surface area (Å²) in [5.41, 5.74) is -0.238. The largest absolute Gasteiger partial charge is 0.460 e. The van der Waals surface area contributed by atoms with Crippen LogP contribution in [0, 0.1) is 0 Å². The fraction of sp³-hybridized carbons (Fsp3) is 0.333. The average molecular weight is 366 g/mol. The molecule has 26 heavy (non-hydrogen) atoms. The summed E-state index contributed by atoms with van der Waals surface area (Å²) in [6.45, 7) is 17.9. The molecule has 0 spiro atoms. The minimum atomic E-state index is -2.69. The minimum Gasteiger partial charge on any atom is -0.449 e. The molecule has 0 aliphatic carbocycles. The molecule has 0 heterocycles. The highest BCUT2D eigenvalue weighted by Gasteiger charge is 2.46. The van der Waals surface area contributed by atoms with E-state index in [2.05, 4.69) is 26.3 Å². The van der Waals surface area contributed by atoms with Crippen molar-refractivity contribution < 1.29 is 38.1 Å². The highest BCUT2D eigenvalue weighted by molar-refractivity contribution is 5.91. The summed E-state index contributed by atoms with van der Waals surface area (Å²) in [6.07, 6.45) is 0. The van der Waals surface area contributed by atoms with Gasteiger partial charge >= 0.3 is 29.9 Å². The summed E-state index contributed by atoms with van der Waals surface area (Å²) >= 11 is 0. The molecule has 0 fully saturated rings. The van der Waals surface area contributed by atoms with Crippen molar-refractivity contribution in [2.24, 2.45) is 0 Å². The normalized spacial score (nSPS) is 10.2. The molecule has 0 amide bonds. The summed E-state index contributed by atoms with van der Waals surface area (Å²) < 4.78 is 19.7. The quantitative estimate of drug-likeness (QED) is 0.347. The molecule has 0 saturated heterocycles. The number of carbonyl (C=O) groups is 4. The van der Waals surface area contributed by atoms with E-state index in [1.807, 2.05) is 0 Å². The summed E-state index contributed by atoms with van der Waals surface area (Å²) in [7, 11) is 0. The van der Waals surface area contributed by atoms with Crippen LogP contribution in [0.15, 0.2) is 48.6 Å². The molecule has 8 nitrogen and oxygen atoms in total. The Labute approximate surface area is 151 Å². The topological polar surface area (TPSA) is 105 Å². The van der Waals surface area contributed by atoms with E-state index in [-0.39, 0.29) is 22.3 Å². The monoisotopic (exact) mass is 366 g/mol. The van der Waals surface area contributed by atoms with Crippen LogP contribution in [0.5, 0.6) is 0 Å². The van der Waals surface area contributed by atoms with Crippen LogP contribution in [0.1, 0.15) is 27.7 Å². The Morgan fingerprint density at radius 3 is 1.12 bits per heavy atom. The summed E-state index contributed by atoms with van der Waals surface area (Å²) in [6, 6.07) is 0. The lowest BCUT2D eigenvalue weighted by molar-refractivity contribution is -0.337. The Hall–Kier alpha value is -3.16. The lowest BCUT2D eigenvalue weighted by Crippen LogP contribution is -2.49. The molecule has 0 radical (unpaired) electrons. The fourth-order valence-electron chi connectivity index (χ4n) is 1.11. The van der Waals surface area contributed by atoms with E-state index in [0.29, 0.717) is 0 Å². The molecule has 0 rings (SSSR count). The Morgan fingerprint density at radius 2 is 0.885 bits per heavy atom. The van der Waals surface area contributed by atoms with Gasteiger partial charge in [0.2, 0.25) is 6.61 Å². The number of ether oxygens (including phenoxy) is 4. The molecule has 8 heteroatoms. The second-order valence-electron chi connectivity index (χ2n) is 5.55. The lowest BCUT2D eigenvalue weighted by Gasteiger charge is -2.30. The molecule has 0 bridgehead atoms. The molecule has 0 aromatic heterocycles. The lowest BCUT2D eigenvalue weighted by atomic mass is 10.3. The first-order valence-electron chi connectivity index (χ1n) is 7.30. The number of rotatable bonds is 9. The van der Waals surface area contributed by atoms with Gasteiger partial charge in [-0.1, -0.05) is 26.3 Å². The molecule has 0 N–H and O–H groups in total. The second-order valence-corrected chi connectivity index (χ2v) is 5.55. The number of hydrogen-bond acceptors (Lipinski definition) is 8. The van der Waals surface area contributed by atoms with Crippen molar-refractivity contribution >= 4 is 23.9 Å². The zero-order valence-electron chi connectivity index (χ0n) is 15.3. The van der Waals surface area contributed by atoms with Crippen molar-refractivity contribution in [3.05, 3.63) is 48.6 Å². The maximum Gasteiger partial charge on any atom is 0.460 e. The van der Waals surface area contributed by atoms with Crippen LogP contribution in [0.2, 0.25) is 0 Å². The number of esters is 4. The number of carbonyl (C=O) groups excluding carboxylic acids is 4. The highest BCUT2D eigenvalue weighted by Crippen LogP contribution is 2.22. The summed E-state index contributed by atoms with van der Waals surface area (Å²) in [5.74, 6) is -6.74. The molecular formula is C18H22O8. The molecule has 0 aromatic rings. The van der Waals surface area contributed by atoms with E-state index in [9.17, 15) is 19.2 Å². The average Bonchev–Trinajstić information content (AvgIpc) is 2.51. The Morgan fingerprint density at radius 1 is 0.615 bits per heavy atom. The van der Waals surface area contributed by atoms with Crippen LogP contribution in [-0.4, -0.2) is 36.5 Å². The third kappa shape index (κ3) is 7.16. The first kappa shape index (κ1) is 22.8. The smallest absolute Gasteiger partial charge is 0.449 e. The van der Waals surface area contributed by atoms with Crippen LogP contribution < -0.4 is 0 Å². The first-order valence-corrected chi connectivity index (χ1v) is 7.30. The van der Waals surface area contributed by atoms with Crippen molar-refractivity contribution in [1.29, 1.82) is 0 Å². The Bertz CT molecular complexity index is 614. The van der Waals surface area contributed by atoms with Crippen LogP contribution in [-0.2, 0) is 38.1 Å². The van der Waals surface area contributed by atoms with Gasteiger partial charge in [0.1, 0.15) is 0 Å². The van der Waals surface area contributed by atoms with Crippen molar-refractivity contribution in [2.45, 2.75) is 33.7 Å². The van der Waals surface area contributed by atoms with Crippen LogP contribution in [0.4, 0.5) is 0 Å². The minimum absolute atomic E-state index is 0.0163. The van der Waals surface area contributed by atoms with Gasteiger partial charge in [-0.25, -0.2) is 19.2 Å². The van der Waals surface area contributed by atoms with Crippen molar-refractivity contribution in [3.8, 4) is 0 Å². The second kappa shape index (κ2) is 9.36. The van der Waals surface area contributed by atoms with Crippen molar-refractivity contribution in [2.75, 3.05) is 6.61 Å². The molecular weight excluding hydrogens is 344 g/mol. The molecule has 0 aliphatic rings. The van der Waals surface area contributed by atoms with Gasteiger partial charge in [-0.3, -0.25) is 0 Å². The molecule has 142 valence electrons. The van der Waals surface area contributed by atoms with Gasteiger partial charge in [0.15, 0.2) is 0 Å². The molecule has 0 unspecified atom stereocenters. The summed E-state index contributed by atoms with van der Waals surface area (Å²) in [5, 5.41) is 0. The first-order chi connectivity index (χ1) is 11.8. The van der Waals surface area contributed by atoms with Crippen molar-refractivity contribution in [3.63, 3.8) is 0 Å². The van der Waals surface area contributed by atoms with Gasteiger partial charge in [-0.2, -0.15) is 0 Å². The zero-order chi connectivity index (χ0) is 20.7. The molecule has 0 saturated carbocycles. The van der Waals surface area contributed by atoms with E-state index in [4.69, 9.17) is 18.9 Å². The SMILES string of the molecule is C=C(C)C(=O)OCC(OC(=O)C(=C)C)(OC(=O)C(=C)C)OC(=O)C(=C)C. The molecule has 0 aliphatic heterocycles. The van der Waals surface area contributed by atoms with E-state index < -0.39 is 36.5 Å². The van der Waals surface area contributed by atoms with E-state index >= 15 is 0 Å². The Balaban J connectivity index is 5.92. The molecule has 0 atom stereocenters. The van der Waals surface area contributed by atoms with Crippen molar-refractivity contribution in [1.82, 2.24) is 0 Å². The predicted molar refractivity (Wildman–Crippen MR) is 91.2 cm³/mol. The van der Waals surface area contributed by atoms with Crippen LogP contribution in [0.3, 0.4) is 0 Å². The maximum atomic E-state index is 11.9. The zero-order valence-corrected chi connectivity index (χ0v) is 15.3. The highest BCUT2D eigenvalue weighted by atomic mass is 16.9.